The summed E-state index contributed by atoms with van der Waals surface area (Å²) < 4.78 is 17.2. The topological polar surface area (TPSA) is 63.3 Å². The third-order valence-corrected chi connectivity index (χ3v) is 7.47. The first-order chi connectivity index (χ1) is 15.7. The van der Waals surface area contributed by atoms with Crippen molar-refractivity contribution in [3.05, 3.63) is 29.8 Å². The number of piperidine rings is 1. The average Bonchev–Trinajstić information content (AvgIpc) is 3.28. The number of nitrogens with zero attached hydrogens (tertiary/aromatic N) is 2. The second-order valence-electron chi connectivity index (χ2n) is 9.64. The van der Waals surface area contributed by atoms with E-state index in [1.165, 1.54) is 18.4 Å². The van der Waals surface area contributed by atoms with Crippen LogP contribution in [0.25, 0.3) is 0 Å². The molecular weight excluding hydrogens is 406 g/mol. The van der Waals surface area contributed by atoms with Gasteiger partial charge in [0, 0.05) is 51.0 Å². The van der Waals surface area contributed by atoms with Gasteiger partial charge in [-0.25, -0.2) is 0 Å². The summed E-state index contributed by atoms with van der Waals surface area (Å²) in [5, 5.41) is 3.30. The lowest BCUT2D eigenvalue weighted by atomic mass is 9.98. The molecule has 4 heterocycles. The molecular formula is C25H37N3O4. The van der Waals surface area contributed by atoms with E-state index < -0.39 is 0 Å². The summed E-state index contributed by atoms with van der Waals surface area (Å²) in [6.45, 7) is 6.08. The zero-order valence-electron chi connectivity index (χ0n) is 19.0. The van der Waals surface area contributed by atoms with Crippen LogP contribution in [-0.4, -0.2) is 86.1 Å². The lowest BCUT2D eigenvalue weighted by Gasteiger charge is -2.43. The van der Waals surface area contributed by atoms with Crippen molar-refractivity contribution in [2.45, 2.75) is 69.3 Å². The summed E-state index contributed by atoms with van der Waals surface area (Å²) in [5.74, 6) is 1.16. The number of hydrogen-bond acceptors (Lipinski definition) is 6. The molecule has 4 fully saturated rings. The van der Waals surface area contributed by atoms with E-state index in [0.29, 0.717) is 18.5 Å². The molecule has 0 saturated carbocycles. The summed E-state index contributed by atoms with van der Waals surface area (Å²) in [6, 6.07) is 9.39. The summed E-state index contributed by atoms with van der Waals surface area (Å²) in [6.07, 6.45) is 7.32. The molecule has 4 aliphatic rings. The molecule has 1 N–H and O–H groups in total. The Morgan fingerprint density at radius 2 is 1.84 bits per heavy atom. The smallest absolute Gasteiger partial charge is 0.222 e. The van der Waals surface area contributed by atoms with Gasteiger partial charge in [-0.1, -0.05) is 12.1 Å². The van der Waals surface area contributed by atoms with E-state index in [-0.39, 0.29) is 18.2 Å². The number of carbonyl (C=O) groups excluding carboxylic acids is 1. The summed E-state index contributed by atoms with van der Waals surface area (Å²) >= 11 is 0. The van der Waals surface area contributed by atoms with Gasteiger partial charge in [0.05, 0.1) is 32.6 Å². The van der Waals surface area contributed by atoms with E-state index >= 15 is 0 Å². The van der Waals surface area contributed by atoms with Gasteiger partial charge in [-0.05, 0) is 43.4 Å². The van der Waals surface area contributed by atoms with Crippen molar-refractivity contribution in [2.75, 3.05) is 46.1 Å². The highest BCUT2D eigenvalue weighted by Crippen LogP contribution is 2.29. The van der Waals surface area contributed by atoms with Crippen LogP contribution in [-0.2, 0) is 20.7 Å². The molecule has 1 aromatic rings. The fourth-order valence-electron chi connectivity index (χ4n) is 5.79. The molecule has 0 radical (unpaired) electrons. The summed E-state index contributed by atoms with van der Waals surface area (Å²) in [4.78, 5) is 17.6. The Kier molecular flexibility index (Phi) is 7.27. The normalized spacial score (nSPS) is 30.9. The number of hydrogen-bond donors (Lipinski definition) is 1. The van der Waals surface area contributed by atoms with Gasteiger partial charge in [0.1, 0.15) is 11.9 Å². The first-order valence-corrected chi connectivity index (χ1v) is 12.4. The second kappa shape index (κ2) is 10.5. The van der Waals surface area contributed by atoms with Crippen LogP contribution >= 0.6 is 0 Å². The predicted octanol–water partition coefficient (Wildman–Crippen LogP) is 2.19. The quantitative estimate of drug-likeness (QED) is 0.727. The number of benzene rings is 1. The number of rotatable bonds is 6. The summed E-state index contributed by atoms with van der Waals surface area (Å²) in [7, 11) is 0. The molecule has 0 spiro atoms. The van der Waals surface area contributed by atoms with Crippen LogP contribution in [0.3, 0.4) is 0 Å². The number of carbonyl (C=O) groups is 1. The first kappa shape index (κ1) is 22.1. The molecule has 5 rings (SSSR count). The minimum Gasteiger partial charge on any atom is -0.490 e. The Morgan fingerprint density at radius 1 is 1.03 bits per heavy atom. The fraction of sp³-hybridized carbons (Fsp3) is 0.720. The lowest BCUT2D eigenvalue weighted by Crippen LogP contribution is -2.59. The molecule has 3 atom stereocenters. The second-order valence-corrected chi connectivity index (χ2v) is 9.64. The van der Waals surface area contributed by atoms with E-state index in [1.54, 1.807) is 0 Å². The molecule has 1 aromatic carbocycles. The zero-order valence-corrected chi connectivity index (χ0v) is 19.0. The van der Waals surface area contributed by atoms with Gasteiger partial charge in [0.25, 0.3) is 0 Å². The van der Waals surface area contributed by atoms with E-state index in [9.17, 15) is 4.79 Å². The van der Waals surface area contributed by atoms with Crippen molar-refractivity contribution in [3.63, 3.8) is 0 Å². The van der Waals surface area contributed by atoms with Gasteiger partial charge in [0.2, 0.25) is 5.91 Å². The highest BCUT2D eigenvalue weighted by Gasteiger charge is 2.38. The van der Waals surface area contributed by atoms with Crippen molar-refractivity contribution in [1.29, 1.82) is 0 Å². The number of ether oxygens (including phenoxy) is 3. The van der Waals surface area contributed by atoms with Crippen molar-refractivity contribution >= 4 is 5.91 Å². The molecule has 7 nitrogen and oxygen atoms in total. The van der Waals surface area contributed by atoms with Gasteiger partial charge in [-0.3, -0.25) is 14.6 Å². The highest BCUT2D eigenvalue weighted by atomic mass is 16.5. The Balaban J connectivity index is 1.21. The van der Waals surface area contributed by atoms with Crippen LogP contribution < -0.4 is 10.1 Å². The first-order valence-electron chi connectivity index (χ1n) is 12.4. The molecule has 1 amide bonds. The van der Waals surface area contributed by atoms with Crippen molar-refractivity contribution in [2.24, 2.45) is 0 Å². The van der Waals surface area contributed by atoms with Gasteiger partial charge in [0.15, 0.2) is 0 Å². The molecule has 0 aromatic heterocycles. The van der Waals surface area contributed by atoms with E-state index in [2.05, 4.69) is 39.4 Å². The van der Waals surface area contributed by atoms with E-state index in [4.69, 9.17) is 14.2 Å². The van der Waals surface area contributed by atoms with Crippen LogP contribution in [0.1, 0.15) is 44.1 Å². The molecule has 2 unspecified atom stereocenters. The molecule has 4 aliphatic heterocycles. The van der Waals surface area contributed by atoms with Crippen molar-refractivity contribution in [3.8, 4) is 5.75 Å². The van der Waals surface area contributed by atoms with Gasteiger partial charge >= 0.3 is 0 Å². The third-order valence-electron chi connectivity index (χ3n) is 7.47. The number of likely N-dealkylation sites (tertiary alicyclic amines) is 1. The van der Waals surface area contributed by atoms with E-state index in [1.807, 2.05) is 0 Å². The van der Waals surface area contributed by atoms with Crippen molar-refractivity contribution < 1.29 is 19.0 Å². The maximum Gasteiger partial charge on any atom is 0.222 e. The van der Waals surface area contributed by atoms with Gasteiger partial charge < -0.3 is 19.5 Å². The zero-order chi connectivity index (χ0) is 21.8. The maximum atomic E-state index is 12.6. The van der Waals surface area contributed by atoms with Crippen LogP contribution in [0.4, 0.5) is 0 Å². The number of amides is 1. The molecule has 176 valence electrons. The lowest BCUT2D eigenvalue weighted by molar-refractivity contribution is -0.129. The molecule has 7 heteroatoms. The summed E-state index contributed by atoms with van der Waals surface area (Å²) in [5.41, 5.74) is 1.32. The van der Waals surface area contributed by atoms with Crippen LogP contribution in [0.5, 0.6) is 5.75 Å². The van der Waals surface area contributed by atoms with Crippen LogP contribution in [0, 0.1) is 0 Å². The standard InChI is InChI=1S/C25H37N3O4/c29-25-18-21(27-9-13-31-14-10-27)17-24(26-25)28-8-2-4-20(28)15-19-3-1-5-23(16-19)32-22-6-11-30-12-7-22/h1,3,5,16,20-22,24H,2,4,6-15,17-18H2,(H,26,29)/t20-,21?,24?/m1/s1. The Bertz CT molecular complexity index is 763. The SMILES string of the molecule is O=C1CC(N2CCOCC2)CC(N2CCC[C@@H]2Cc2cccc(OC3CCOCC3)c2)N1. The predicted molar refractivity (Wildman–Crippen MR) is 122 cm³/mol. The van der Waals surface area contributed by atoms with Crippen LogP contribution in [0.2, 0.25) is 0 Å². The van der Waals surface area contributed by atoms with E-state index in [0.717, 1.165) is 77.5 Å². The molecule has 0 aliphatic carbocycles. The average molecular weight is 444 g/mol. The number of morpholine rings is 1. The van der Waals surface area contributed by atoms with Gasteiger partial charge in [-0.2, -0.15) is 0 Å². The Morgan fingerprint density at radius 3 is 2.69 bits per heavy atom. The maximum absolute atomic E-state index is 12.6. The van der Waals surface area contributed by atoms with Crippen molar-refractivity contribution in [1.82, 2.24) is 15.1 Å². The number of nitrogens with one attached hydrogen (secondary N) is 1. The van der Waals surface area contributed by atoms with Gasteiger partial charge in [-0.15, -0.1) is 0 Å². The monoisotopic (exact) mass is 443 g/mol. The Hall–Kier alpha value is -1.67. The minimum atomic E-state index is 0.137. The highest BCUT2D eigenvalue weighted by molar-refractivity contribution is 5.77. The molecule has 4 saturated heterocycles. The third kappa shape index (κ3) is 5.45. The molecule has 32 heavy (non-hydrogen) atoms. The van der Waals surface area contributed by atoms with Crippen LogP contribution in [0.15, 0.2) is 24.3 Å². The minimum absolute atomic E-state index is 0.137. The molecule has 0 bridgehead atoms. The largest absolute Gasteiger partial charge is 0.490 e. The Labute approximate surface area is 191 Å². The fourth-order valence-corrected chi connectivity index (χ4v) is 5.79.